The maximum absolute atomic E-state index is 13.4. The van der Waals surface area contributed by atoms with E-state index in [2.05, 4.69) is 0 Å². The zero-order valence-electron chi connectivity index (χ0n) is 21.3. The van der Waals surface area contributed by atoms with Crippen molar-refractivity contribution in [3.05, 3.63) is 134 Å². The molecule has 196 valence electrons. The van der Waals surface area contributed by atoms with Crippen molar-refractivity contribution in [1.82, 2.24) is 0 Å². The number of hydrogen-bond acceptors (Lipinski definition) is 4. The van der Waals surface area contributed by atoms with Crippen LogP contribution in [-0.4, -0.2) is 16.8 Å². The Balaban J connectivity index is 1.57. The van der Waals surface area contributed by atoms with Gasteiger partial charge in [-0.15, -0.1) is 0 Å². The van der Waals surface area contributed by atoms with Crippen LogP contribution in [0.1, 0.15) is 33.9 Å². The SMILES string of the molecule is Cc1ccc(N2C(=O)C(=O)/C(=C(/O)c3ccc(OCc4ccccc4)c(C)c3)C2c2ccc(Cl)cc2)cc1Cl. The lowest BCUT2D eigenvalue weighted by Crippen LogP contribution is -2.29. The van der Waals surface area contributed by atoms with Crippen LogP contribution in [0, 0.1) is 13.8 Å². The molecule has 5 rings (SSSR count). The zero-order chi connectivity index (χ0) is 27.7. The molecule has 1 aliphatic heterocycles. The summed E-state index contributed by atoms with van der Waals surface area (Å²) in [5, 5.41) is 12.4. The molecule has 4 aromatic rings. The van der Waals surface area contributed by atoms with Gasteiger partial charge in [0.2, 0.25) is 0 Å². The molecule has 1 unspecified atom stereocenters. The van der Waals surface area contributed by atoms with E-state index in [9.17, 15) is 14.7 Å². The van der Waals surface area contributed by atoms with Crippen LogP contribution in [0.15, 0.2) is 96.6 Å². The summed E-state index contributed by atoms with van der Waals surface area (Å²) in [5.74, 6) is -1.16. The number of ether oxygens (including phenoxy) is 1. The number of aliphatic hydroxyl groups excluding tert-OH is 1. The lowest BCUT2D eigenvalue weighted by molar-refractivity contribution is -0.132. The number of Topliss-reactive ketones (excluding diaryl/α,β-unsaturated/α-hetero) is 1. The normalized spacial score (nSPS) is 16.5. The van der Waals surface area contributed by atoms with E-state index in [1.807, 2.05) is 44.2 Å². The summed E-state index contributed by atoms with van der Waals surface area (Å²) in [6, 6.07) is 26.1. The molecule has 1 aliphatic rings. The van der Waals surface area contributed by atoms with Crippen LogP contribution in [-0.2, 0) is 16.2 Å². The van der Waals surface area contributed by atoms with Gasteiger partial charge in [-0.05, 0) is 78.6 Å². The summed E-state index contributed by atoms with van der Waals surface area (Å²) < 4.78 is 5.97. The molecule has 1 saturated heterocycles. The molecule has 1 fully saturated rings. The molecule has 7 heteroatoms. The van der Waals surface area contributed by atoms with E-state index in [1.165, 1.54) is 4.90 Å². The minimum atomic E-state index is -0.879. The number of aliphatic hydroxyl groups is 1. The first-order valence-electron chi connectivity index (χ1n) is 12.3. The molecule has 1 amide bonds. The molecule has 1 heterocycles. The Morgan fingerprint density at radius 1 is 0.872 bits per heavy atom. The molecule has 5 nitrogen and oxygen atoms in total. The van der Waals surface area contributed by atoms with Crippen molar-refractivity contribution in [3.63, 3.8) is 0 Å². The Kier molecular flexibility index (Phi) is 7.47. The van der Waals surface area contributed by atoms with Gasteiger partial charge in [-0.25, -0.2) is 0 Å². The number of benzene rings is 4. The van der Waals surface area contributed by atoms with E-state index >= 15 is 0 Å². The number of anilines is 1. The molecule has 1 atom stereocenters. The maximum atomic E-state index is 13.4. The van der Waals surface area contributed by atoms with E-state index in [4.69, 9.17) is 27.9 Å². The Bertz CT molecular complexity index is 1600. The molecule has 0 bridgehead atoms. The minimum Gasteiger partial charge on any atom is -0.507 e. The highest BCUT2D eigenvalue weighted by Gasteiger charge is 2.47. The average Bonchev–Trinajstić information content (AvgIpc) is 3.20. The lowest BCUT2D eigenvalue weighted by atomic mass is 9.94. The lowest BCUT2D eigenvalue weighted by Gasteiger charge is -2.26. The first kappa shape index (κ1) is 26.5. The van der Waals surface area contributed by atoms with Gasteiger partial charge in [-0.2, -0.15) is 0 Å². The molecule has 39 heavy (non-hydrogen) atoms. The molecule has 1 N–H and O–H groups in total. The molecule has 0 aliphatic carbocycles. The van der Waals surface area contributed by atoms with Crippen molar-refractivity contribution >= 4 is 46.3 Å². The van der Waals surface area contributed by atoms with Gasteiger partial charge in [0.05, 0.1) is 11.6 Å². The third kappa shape index (κ3) is 5.29. The van der Waals surface area contributed by atoms with Crippen LogP contribution in [0.25, 0.3) is 5.76 Å². The highest BCUT2D eigenvalue weighted by Crippen LogP contribution is 2.43. The third-order valence-corrected chi connectivity index (χ3v) is 7.41. The highest BCUT2D eigenvalue weighted by molar-refractivity contribution is 6.52. The average molecular weight is 558 g/mol. The van der Waals surface area contributed by atoms with E-state index in [0.717, 1.165) is 16.7 Å². The fraction of sp³-hybridized carbons (Fsp3) is 0.125. The number of amides is 1. The van der Waals surface area contributed by atoms with Gasteiger partial charge < -0.3 is 9.84 Å². The molecule has 0 aromatic heterocycles. The van der Waals surface area contributed by atoms with Crippen LogP contribution in [0.4, 0.5) is 5.69 Å². The summed E-state index contributed by atoms with van der Waals surface area (Å²) >= 11 is 12.5. The second-order valence-corrected chi connectivity index (χ2v) is 10.3. The third-order valence-electron chi connectivity index (χ3n) is 6.75. The number of ketones is 1. The Hall–Kier alpha value is -4.06. The fourth-order valence-electron chi connectivity index (χ4n) is 4.64. The van der Waals surface area contributed by atoms with Crippen molar-refractivity contribution in [2.24, 2.45) is 0 Å². The van der Waals surface area contributed by atoms with Crippen molar-refractivity contribution in [2.75, 3.05) is 4.90 Å². The van der Waals surface area contributed by atoms with Gasteiger partial charge in [0.25, 0.3) is 11.7 Å². The van der Waals surface area contributed by atoms with Crippen LogP contribution in [0.2, 0.25) is 10.0 Å². The van der Waals surface area contributed by atoms with Crippen LogP contribution < -0.4 is 9.64 Å². The predicted molar refractivity (Wildman–Crippen MR) is 154 cm³/mol. The predicted octanol–water partition coefficient (Wildman–Crippen LogP) is 7.82. The van der Waals surface area contributed by atoms with E-state index in [0.29, 0.717) is 39.2 Å². The number of nitrogens with zero attached hydrogens (tertiary/aromatic N) is 1. The smallest absolute Gasteiger partial charge is 0.300 e. The fourth-order valence-corrected chi connectivity index (χ4v) is 4.94. The Morgan fingerprint density at radius 3 is 2.26 bits per heavy atom. The maximum Gasteiger partial charge on any atom is 0.300 e. The van der Waals surface area contributed by atoms with Gasteiger partial charge in [-0.3, -0.25) is 14.5 Å². The number of halogens is 2. The monoisotopic (exact) mass is 557 g/mol. The van der Waals surface area contributed by atoms with E-state index < -0.39 is 17.7 Å². The van der Waals surface area contributed by atoms with Gasteiger partial charge in [0.1, 0.15) is 18.1 Å². The van der Waals surface area contributed by atoms with Gasteiger partial charge in [-0.1, -0.05) is 71.7 Å². The molecule has 0 radical (unpaired) electrons. The van der Waals surface area contributed by atoms with E-state index in [-0.39, 0.29) is 11.3 Å². The molecular weight excluding hydrogens is 533 g/mol. The van der Waals surface area contributed by atoms with Gasteiger partial charge in [0.15, 0.2) is 0 Å². The zero-order valence-corrected chi connectivity index (χ0v) is 22.8. The first-order chi connectivity index (χ1) is 18.7. The van der Waals surface area contributed by atoms with Crippen molar-refractivity contribution in [2.45, 2.75) is 26.5 Å². The summed E-state index contributed by atoms with van der Waals surface area (Å²) in [7, 11) is 0. The molecule has 0 saturated carbocycles. The quantitative estimate of drug-likeness (QED) is 0.149. The van der Waals surface area contributed by atoms with Crippen LogP contribution in [0.5, 0.6) is 5.75 Å². The number of carbonyl (C=O) groups excluding carboxylic acids is 2. The molecule has 0 spiro atoms. The van der Waals surface area contributed by atoms with Crippen molar-refractivity contribution in [3.8, 4) is 5.75 Å². The van der Waals surface area contributed by atoms with Crippen LogP contribution in [0.3, 0.4) is 0 Å². The topological polar surface area (TPSA) is 66.8 Å². The Labute approximate surface area is 236 Å². The van der Waals surface area contributed by atoms with E-state index in [1.54, 1.807) is 60.7 Å². The summed E-state index contributed by atoms with van der Waals surface area (Å²) in [6.45, 7) is 4.11. The standard InChI is InChI=1S/C32H25Cl2NO4/c1-19-8-14-25(17-26(19)34)35-29(22-9-12-24(33)13-10-22)28(31(37)32(35)38)30(36)23-11-15-27(20(2)16-23)39-18-21-6-4-3-5-7-21/h3-17,29,36H,18H2,1-2H3/b30-28+. The highest BCUT2D eigenvalue weighted by atomic mass is 35.5. The number of rotatable bonds is 6. The summed E-state index contributed by atoms with van der Waals surface area (Å²) in [6.07, 6.45) is 0. The minimum absolute atomic E-state index is 0.0172. The summed E-state index contributed by atoms with van der Waals surface area (Å²) in [4.78, 5) is 28.2. The second-order valence-electron chi connectivity index (χ2n) is 9.41. The van der Waals surface area contributed by atoms with Gasteiger partial charge in [0, 0.05) is 21.3 Å². The van der Waals surface area contributed by atoms with Crippen LogP contribution >= 0.6 is 23.2 Å². The molecule has 4 aromatic carbocycles. The summed E-state index contributed by atoms with van der Waals surface area (Å²) in [5.41, 5.74) is 4.10. The van der Waals surface area contributed by atoms with Crippen molar-refractivity contribution < 1.29 is 19.4 Å². The number of aryl methyl sites for hydroxylation is 2. The molecular formula is C32H25Cl2NO4. The Morgan fingerprint density at radius 2 is 1.59 bits per heavy atom. The van der Waals surface area contributed by atoms with Crippen molar-refractivity contribution in [1.29, 1.82) is 0 Å². The largest absolute Gasteiger partial charge is 0.507 e. The second kappa shape index (κ2) is 11.0. The number of carbonyl (C=O) groups is 2. The first-order valence-corrected chi connectivity index (χ1v) is 13.1. The number of hydrogen-bond donors (Lipinski definition) is 1. The van der Waals surface area contributed by atoms with Gasteiger partial charge >= 0.3 is 0 Å².